The first-order chi connectivity index (χ1) is 6.84. The predicted octanol–water partition coefficient (Wildman–Crippen LogP) is 3.80. The van der Waals surface area contributed by atoms with Crippen LogP contribution in [0, 0.1) is 5.41 Å². The first kappa shape index (κ1) is 10.7. The molecule has 0 heterocycles. The maximum atomic E-state index is 7.83. The molecule has 0 saturated carbocycles. The normalized spacial score (nSPS) is 10.6. The van der Waals surface area contributed by atoms with Crippen molar-refractivity contribution in [3.8, 4) is 0 Å². The lowest BCUT2D eigenvalue weighted by Crippen LogP contribution is -1.97. The number of allylic oxidation sites excluding steroid dienone is 2. The van der Waals surface area contributed by atoms with Gasteiger partial charge in [-0.25, -0.2) is 0 Å². The summed E-state index contributed by atoms with van der Waals surface area (Å²) in [4.78, 5) is 0. The monoisotopic (exact) mass is 187 g/mol. The summed E-state index contributed by atoms with van der Waals surface area (Å²) < 4.78 is 0. The Morgan fingerprint density at radius 3 is 2.57 bits per heavy atom. The molecule has 0 unspecified atom stereocenters. The van der Waals surface area contributed by atoms with Crippen molar-refractivity contribution in [3.05, 3.63) is 48.0 Å². The van der Waals surface area contributed by atoms with Crippen LogP contribution in [-0.2, 0) is 0 Å². The minimum absolute atomic E-state index is 0.728. The Morgan fingerprint density at radius 1 is 1.21 bits per heavy atom. The molecule has 0 aliphatic carbocycles. The van der Waals surface area contributed by atoms with E-state index in [9.17, 15) is 0 Å². The van der Waals surface area contributed by atoms with E-state index < -0.39 is 0 Å². The second-order valence-electron chi connectivity index (χ2n) is 3.26. The van der Waals surface area contributed by atoms with Gasteiger partial charge in [0.1, 0.15) is 0 Å². The van der Waals surface area contributed by atoms with E-state index in [1.807, 2.05) is 30.3 Å². The highest BCUT2D eigenvalue weighted by molar-refractivity contribution is 5.98. The van der Waals surface area contributed by atoms with Crippen molar-refractivity contribution in [3.63, 3.8) is 0 Å². The largest absolute Gasteiger partial charge is 0.305 e. The van der Waals surface area contributed by atoms with Crippen LogP contribution in [0.3, 0.4) is 0 Å². The molecule has 0 aliphatic rings. The van der Waals surface area contributed by atoms with Gasteiger partial charge in [0.2, 0.25) is 0 Å². The zero-order chi connectivity index (χ0) is 10.2. The summed E-state index contributed by atoms with van der Waals surface area (Å²) in [7, 11) is 0. The molecule has 1 aromatic carbocycles. The molecule has 1 nitrogen and oxygen atoms in total. The van der Waals surface area contributed by atoms with E-state index >= 15 is 0 Å². The van der Waals surface area contributed by atoms with Crippen LogP contribution in [0.2, 0.25) is 0 Å². The summed E-state index contributed by atoms with van der Waals surface area (Å²) >= 11 is 0. The molecule has 0 atom stereocenters. The van der Waals surface area contributed by atoms with Gasteiger partial charge in [-0.3, -0.25) is 0 Å². The van der Waals surface area contributed by atoms with Gasteiger partial charge in [0.25, 0.3) is 0 Å². The maximum absolute atomic E-state index is 7.83. The fourth-order valence-corrected chi connectivity index (χ4v) is 1.30. The smallest absolute Gasteiger partial charge is 0.0389 e. The molecule has 1 aromatic rings. The van der Waals surface area contributed by atoms with Crippen LogP contribution in [0.15, 0.2) is 42.5 Å². The van der Waals surface area contributed by atoms with Crippen LogP contribution in [0.25, 0.3) is 0 Å². The van der Waals surface area contributed by atoms with E-state index in [2.05, 4.69) is 19.1 Å². The Hall–Kier alpha value is -1.37. The molecule has 0 saturated heterocycles. The number of rotatable bonds is 5. The van der Waals surface area contributed by atoms with Gasteiger partial charge in [0.05, 0.1) is 0 Å². The van der Waals surface area contributed by atoms with Crippen molar-refractivity contribution in [2.75, 3.05) is 0 Å². The second kappa shape index (κ2) is 6.14. The second-order valence-corrected chi connectivity index (χ2v) is 3.26. The molecule has 1 rings (SSSR count). The molecule has 1 N–H and O–H groups in total. The van der Waals surface area contributed by atoms with Gasteiger partial charge in [-0.2, -0.15) is 0 Å². The lowest BCUT2D eigenvalue weighted by atomic mass is 10.1. The van der Waals surface area contributed by atoms with Gasteiger partial charge in [0.15, 0.2) is 0 Å². The van der Waals surface area contributed by atoms with E-state index in [4.69, 9.17) is 5.41 Å². The van der Waals surface area contributed by atoms with Gasteiger partial charge >= 0.3 is 0 Å². The van der Waals surface area contributed by atoms with E-state index in [-0.39, 0.29) is 0 Å². The summed E-state index contributed by atoms with van der Waals surface area (Å²) in [6, 6.07) is 9.92. The zero-order valence-electron chi connectivity index (χ0n) is 8.66. The summed E-state index contributed by atoms with van der Waals surface area (Å²) in [5.41, 5.74) is 1.77. The van der Waals surface area contributed by atoms with Gasteiger partial charge in [0, 0.05) is 5.71 Å². The molecule has 1 heteroatoms. The molecule has 0 radical (unpaired) electrons. The Labute approximate surface area is 86.0 Å². The molecule has 0 bridgehead atoms. The van der Waals surface area contributed by atoms with E-state index in [0.29, 0.717) is 0 Å². The maximum Gasteiger partial charge on any atom is 0.0389 e. The fourth-order valence-electron chi connectivity index (χ4n) is 1.30. The average molecular weight is 187 g/mol. The van der Waals surface area contributed by atoms with Crippen LogP contribution in [-0.4, -0.2) is 5.71 Å². The number of nitrogens with one attached hydrogen (secondary N) is 1. The van der Waals surface area contributed by atoms with Crippen molar-refractivity contribution in [1.29, 1.82) is 5.41 Å². The Morgan fingerprint density at radius 2 is 1.93 bits per heavy atom. The molecule has 0 aliphatic heterocycles. The summed E-state index contributed by atoms with van der Waals surface area (Å²) in [6.07, 6.45) is 7.19. The van der Waals surface area contributed by atoms with Gasteiger partial charge in [-0.15, -0.1) is 0 Å². The lowest BCUT2D eigenvalue weighted by Gasteiger charge is -2.00. The fraction of sp³-hybridized carbons (Fsp3) is 0.308. The highest BCUT2D eigenvalue weighted by Crippen LogP contribution is 2.05. The van der Waals surface area contributed by atoms with Crippen molar-refractivity contribution in [2.45, 2.75) is 26.2 Å². The number of hydrogen-bond acceptors (Lipinski definition) is 1. The van der Waals surface area contributed by atoms with Crippen LogP contribution in [0.1, 0.15) is 31.7 Å². The average Bonchev–Trinajstić information content (AvgIpc) is 2.25. The summed E-state index contributed by atoms with van der Waals surface area (Å²) in [6.45, 7) is 2.12. The minimum Gasteiger partial charge on any atom is -0.305 e. The van der Waals surface area contributed by atoms with Crippen molar-refractivity contribution >= 4 is 5.71 Å². The van der Waals surface area contributed by atoms with Crippen LogP contribution < -0.4 is 0 Å². The van der Waals surface area contributed by atoms with Crippen LogP contribution >= 0.6 is 0 Å². The molecule has 0 amide bonds. The first-order valence-corrected chi connectivity index (χ1v) is 5.12. The van der Waals surface area contributed by atoms with Crippen molar-refractivity contribution in [1.82, 2.24) is 0 Å². The highest BCUT2D eigenvalue weighted by Gasteiger charge is 1.97. The SMILES string of the molecule is CC/C=C/CCC(=N)c1ccccc1. The van der Waals surface area contributed by atoms with Gasteiger partial charge < -0.3 is 5.41 Å². The van der Waals surface area contributed by atoms with Crippen molar-refractivity contribution < 1.29 is 0 Å². The third-order valence-electron chi connectivity index (χ3n) is 2.09. The lowest BCUT2D eigenvalue weighted by molar-refractivity contribution is 1.06. The number of hydrogen-bond donors (Lipinski definition) is 1. The highest BCUT2D eigenvalue weighted by atomic mass is 14.4. The molecule has 0 aromatic heterocycles. The zero-order valence-corrected chi connectivity index (χ0v) is 8.66. The summed E-state index contributed by atoms with van der Waals surface area (Å²) in [5.74, 6) is 0. The molecule has 0 fully saturated rings. The van der Waals surface area contributed by atoms with E-state index in [0.717, 1.165) is 30.5 Å². The Kier molecular flexibility index (Phi) is 4.70. The molecular formula is C13H17N. The third kappa shape index (κ3) is 3.56. The molecular weight excluding hydrogens is 170 g/mol. The molecule has 0 spiro atoms. The van der Waals surface area contributed by atoms with Gasteiger partial charge in [-0.1, -0.05) is 49.4 Å². The molecule has 74 valence electrons. The number of benzene rings is 1. The first-order valence-electron chi connectivity index (χ1n) is 5.12. The Balaban J connectivity index is 2.40. The minimum atomic E-state index is 0.728. The quantitative estimate of drug-likeness (QED) is 0.535. The van der Waals surface area contributed by atoms with Crippen LogP contribution in [0.5, 0.6) is 0 Å². The van der Waals surface area contributed by atoms with Crippen molar-refractivity contribution in [2.24, 2.45) is 0 Å². The molecule has 14 heavy (non-hydrogen) atoms. The van der Waals surface area contributed by atoms with Gasteiger partial charge in [-0.05, 0) is 24.8 Å². The van der Waals surface area contributed by atoms with E-state index in [1.54, 1.807) is 0 Å². The standard InChI is InChI=1S/C13H17N/c1-2-3-4-8-11-13(14)12-9-6-5-7-10-12/h3-7,9-10,14H,2,8,11H2,1H3/b4-3+,14-13?. The third-order valence-corrected chi connectivity index (χ3v) is 2.09. The predicted molar refractivity (Wildman–Crippen MR) is 61.9 cm³/mol. The Bertz CT molecular complexity index is 298. The summed E-state index contributed by atoms with van der Waals surface area (Å²) in [5, 5.41) is 7.83. The van der Waals surface area contributed by atoms with E-state index in [1.165, 1.54) is 0 Å². The topological polar surface area (TPSA) is 23.9 Å². The van der Waals surface area contributed by atoms with Crippen LogP contribution in [0.4, 0.5) is 0 Å².